The number of cyclic esters (lactones) is 1. The van der Waals surface area contributed by atoms with Crippen LogP contribution < -0.4 is 4.90 Å². The maximum Gasteiger partial charge on any atom is 0.312 e. The van der Waals surface area contributed by atoms with Crippen molar-refractivity contribution >= 4 is 34.2 Å². The fourth-order valence-corrected chi connectivity index (χ4v) is 6.19. The summed E-state index contributed by atoms with van der Waals surface area (Å²) in [7, 11) is 0. The van der Waals surface area contributed by atoms with Gasteiger partial charge in [0, 0.05) is 12.2 Å². The average Bonchev–Trinajstić information content (AvgIpc) is 3.27. The molecule has 6 rings (SSSR count). The first-order chi connectivity index (χ1) is 17.5. The van der Waals surface area contributed by atoms with Crippen LogP contribution in [0.15, 0.2) is 66.8 Å². The SMILES string of the molecule is CC(CO)N1C(=O)[C@@H]2C3C(=O)OCCC=C[C@H]3OC23C=CCN(c2ccc4ccccc4c2)C(=O)[C@@H]13. The largest absolute Gasteiger partial charge is 0.465 e. The van der Waals surface area contributed by atoms with Crippen molar-refractivity contribution in [3.8, 4) is 0 Å². The number of benzene rings is 2. The second-order valence-corrected chi connectivity index (χ2v) is 9.89. The highest BCUT2D eigenvalue weighted by Crippen LogP contribution is 2.53. The van der Waals surface area contributed by atoms with E-state index in [1.165, 1.54) is 4.90 Å². The van der Waals surface area contributed by atoms with Gasteiger partial charge in [0.25, 0.3) is 5.91 Å². The monoisotopic (exact) mass is 488 g/mol. The maximum absolute atomic E-state index is 14.3. The number of esters is 1. The Morgan fingerprint density at radius 1 is 1.08 bits per heavy atom. The first-order valence-corrected chi connectivity index (χ1v) is 12.4. The van der Waals surface area contributed by atoms with Crippen LogP contribution in [0.2, 0.25) is 0 Å². The van der Waals surface area contributed by atoms with Gasteiger partial charge in [-0.3, -0.25) is 14.4 Å². The number of nitrogens with zero attached hydrogens (tertiary/aromatic N) is 2. The second-order valence-electron chi connectivity index (χ2n) is 9.89. The van der Waals surface area contributed by atoms with Gasteiger partial charge in [-0.2, -0.15) is 0 Å². The summed E-state index contributed by atoms with van der Waals surface area (Å²) in [6, 6.07) is 12.1. The van der Waals surface area contributed by atoms with Gasteiger partial charge in [0.2, 0.25) is 5.91 Å². The number of aliphatic hydroxyl groups is 1. The number of aliphatic hydroxyl groups excluding tert-OH is 1. The van der Waals surface area contributed by atoms with Crippen molar-refractivity contribution in [3.05, 3.63) is 66.8 Å². The zero-order chi connectivity index (χ0) is 25.0. The Balaban J connectivity index is 1.47. The van der Waals surface area contributed by atoms with Gasteiger partial charge >= 0.3 is 5.97 Å². The molecule has 0 saturated carbocycles. The minimum Gasteiger partial charge on any atom is -0.465 e. The quantitative estimate of drug-likeness (QED) is 0.526. The molecule has 2 aromatic carbocycles. The number of likely N-dealkylation sites (tertiary alicyclic amines) is 1. The van der Waals surface area contributed by atoms with Crippen LogP contribution >= 0.6 is 0 Å². The lowest BCUT2D eigenvalue weighted by Crippen LogP contribution is -2.57. The van der Waals surface area contributed by atoms with Crippen molar-refractivity contribution in [2.45, 2.75) is 37.1 Å². The van der Waals surface area contributed by atoms with Crippen LogP contribution in [0.3, 0.4) is 0 Å². The van der Waals surface area contributed by atoms with E-state index in [0.717, 1.165) is 10.8 Å². The molecule has 2 aromatic rings. The molecule has 0 aromatic heterocycles. The summed E-state index contributed by atoms with van der Waals surface area (Å²) in [6.45, 7) is 1.90. The number of ether oxygens (including phenoxy) is 2. The zero-order valence-corrected chi connectivity index (χ0v) is 19.9. The Hall–Kier alpha value is -3.49. The van der Waals surface area contributed by atoms with E-state index < -0.39 is 41.6 Å². The van der Waals surface area contributed by atoms with E-state index in [1.54, 1.807) is 17.9 Å². The predicted octanol–water partition coefficient (Wildman–Crippen LogP) is 2.21. The molecule has 4 aliphatic rings. The van der Waals surface area contributed by atoms with E-state index in [1.807, 2.05) is 60.7 Å². The molecule has 4 heterocycles. The van der Waals surface area contributed by atoms with Crippen LogP contribution in [0.1, 0.15) is 13.3 Å². The molecule has 0 aliphatic carbocycles. The summed E-state index contributed by atoms with van der Waals surface area (Å²) in [4.78, 5) is 44.3. The molecule has 0 radical (unpaired) electrons. The molecule has 1 spiro atoms. The van der Waals surface area contributed by atoms with Gasteiger partial charge in [-0.05, 0) is 36.2 Å². The third-order valence-electron chi connectivity index (χ3n) is 7.84. The smallest absolute Gasteiger partial charge is 0.312 e. The number of rotatable bonds is 3. The number of hydrogen-bond donors (Lipinski definition) is 1. The molecule has 8 nitrogen and oxygen atoms in total. The summed E-state index contributed by atoms with van der Waals surface area (Å²) in [5.41, 5.74) is -0.636. The number of carbonyl (C=O) groups is 3. The predicted molar refractivity (Wildman–Crippen MR) is 132 cm³/mol. The molecule has 2 amide bonds. The second kappa shape index (κ2) is 8.57. The van der Waals surface area contributed by atoms with Crippen LogP contribution in [-0.2, 0) is 23.9 Å². The number of anilines is 1. The van der Waals surface area contributed by atoms with Crippen LogP contribution in [0.4, 0.5) is 5.69 Å². The first kappa shape index (κ1) is 22.9. The molecular formula is C28H28N2O6. The number of hydrogen-bond acceptors (Lipinski definition) is 6. The van der Waals surface area contributed by atoms with E-state index in [4.69, 9.17) is 9.47 Å². The van der Waals surface area contributed by atoms with Gasteiger partial charge in [-0.15, -0.1) is 0 Å². The summed E-state index contributed by atoms with van der Waals surface area (Å²) in [5.74, 6) is -2.96. The van der Waals surface area contributed by atoms with Crippen molar-refractivity contribution in [1.29, 1.82) is 0 Å². The Morgan fingerprint density at radius 2 is 1.89 bits per heavy atom. The fourth-order valence-electron chi connectivity index (χ4n) is 6.19. The molecule has 2 fully saturated rings. The van der Waals surface area contributed by atoms with E-state index in [2.05, 4.69) is 0 Å². The third-order valence-corrected chi connectivity index (χ3v) is 7.84. The lowest BCUT2D eigenvalue weighted by atomic mass is 9.77. The average molecular weight is 489 g/mol. The molecule has 36 heavy (non-hydrogen) atoms. The topological polar surface area (TPSA) is 96.4 Å². The summed E-state index contributed by atoms with van der Waals surface area (Å²) >= 11 is 0. The van der Waals surface area contributed by atoms with E-state index in [-0.39, 0.29) is 31.6 Å². The normalized spacial score (nSPS) is 32.4. The summed E-state index contributed by atoms with van der Waals surface area (Å²) in [5, 5.41) is 12.1. The molecule has 4 aliphatic heterocycles. The molecule has 186 valence electrons. The van der Waals surface area contributed by atoms with Gasteiger partial charge in [0.1, 0.15) is 17.6 Å². The van der Waals surface area contributed by atoms with Crippen LogP contribution in [0.5, 0.6) is 0 Å². The number of carbonyl (C=O) groups excluding carboxylic acids is 3. The molecule has 8 heteroatoms. The number of fused-ring (bicyclic) bond motifs is 3. The van der Waals surface area contributed by atoms with Gasteiger partial charge in [0.15, 0.2) is 0 Å². The first-order valence-electron chi connectivity index (χ1n) is 12.4. The molecule has 2 saturated heterocycles. The lowest BCUT2D eigenvalue weighted by molar-refractivity contribution is -0.155. The minimum atomic E-state index is -1.34. The van der Waals surface area contributed by atoms with E-state index in [0.29, 0.717) is 12.1 Å². The molecule has 0 bridgehead atoms. The summed E-state index contributed by atoms with van der Waals surface area (Å²) in [6.07, 6.45) is 7.21. The fraction of sp³-hybridized carbons (Fsp3) is 0.393. The Bertz CT molecular complexity index is 1300. The Morgan fingerprint density at radius 3 is 2.69 bits per heavy atom. The molecular weight excluding hydrogens is 460 g/mol. The van der Waals surface area contributed by atoms with E-state index in [9.17, 15) is 19.5 Å². The van der Waals surface area contributed by atoms with Crippen molar-refractivity contribution in [3.63, 3.8) is 0 Å². The van der Waals surface area contributed by atoms with Crippen LogP contribution in [-0.4, -0.2) is 71.3 Å². The lowest BCUT2D eigenvalue weighted by Gasteiger charge is -2.37. The molecule has 1 N–H and O–H groups in total. The maximum atomic E-state index is 14.3. The van der Waals surface area contributed by atoms with Crippen LogP contribution in [0, 0.1) is 11.8 Å². The van der Waals surface area contributed by atoms with Gasteiger partial charge < -0.3 is 24.4 Å². The number of amides is 2. The van der Waals surface area contributed by atoms with Gasteiger partial charge in [-0.1, -0.05) is 54.6 Å². The van der Waals surface area contributed by atoms with Gasteiger partial charge in [-0.25, -0.2) is 0 Å². The highest BCUT2D eigenvalue weighted by molar-refractivity contribution is 6.06. The van der Waals surface area contributed by atoms with Crippen molar-refractivity contribution < 1.29 is 29.0 Å². The minimum absolute atomic E-state index is 0.233. The third kappa shape index (κ3) is 3.24. The molecule has 6 atom stereocenters. The highest BCUT2D eigenvalue weighted by Gasteiger charge is 2.72. The van der Waals surface area contributed by atoms with E-state index >= 15 is 0 Å². The van der Waals surface area contributed by atoms with Crippen molar-refractivity contribution in [2.24, 2.45) is 11.8 Å². The van der Waals surface area contributed by atoms with Gasteiger partial charge in [0.05, 0.1) is 31.3 Å². The zero-order valence-electron chi connectivity index (χ0n) is 19.9. The van der Waals surface area contributed by atoms with Crippen molar-refractivity contribution in [2.75, 3.05) is 24.7 Å². The Labute approximate surface area is 208 Å². The van der Waals surface area contributed by atoms with Crippen LogP contribution in [0.25, 0.3) is 10.8 Å². The summed E-state index contributed by atoms with van der Waals surface area (Å²) < 4.78 is 12.0. The standard InChI is InChI=1S/C28H28N2O6/c1-17(16-31)30-24-26(33)29(20-11-10-18-7-2-3-8-19(18)15-20)13-6-12-28(24)23(25(30)32)22-21(36-28)9-4-5-14-35-27(22)34/h2-4,6-12,15,17,21-24,31H,5,13-14,16H2,1H3/t17?,21-,22?,23+,24-,28?/m1/s1. The van der Waals surface area contributed by atoms with Crippen molar-refractivity contribution in [1.82, 2.24) is 4.90 Å². The Kier molecular flexibility index (Phi) is 5.46. The molecule has 3 unspecified atom stereocenters. The highest BCUT2D eigenvalue weighted by atomic mass is 16.6.